The van der Waals surface area contributed by atoms with E-state index in [2.05, 4.69) is 5.32 Å². The smallest absolute Gasteiger partial charge is 0.237 e. The van der Waals surface area contributed by atoms with E-state index in [0.29, 0.717) is 11.3 Å². The summed E-state index contributed by atoms with van der Waals surface area (Å²) < 4.78 is 13.5. The Bertz CT molecular complexity index is 685. The average Bonchev–Trinajstić information content (AvgIpc) is 2.55. The van der Waals surface area contributed by atoms with Crippen molar-refractivity contribution in [2.24, 2.45) is 0 Å². The van der Waals surface area contributed by atoms with Crippen LogP contribution in [-0.2, 0) is 4.79 Å². The summed E-state index contributed by atoms with van der Waals surface area (Å²) in [6, 6.07) is 14.7. The average molecular weight is 329 g/mol. The summed E-state index contributed by atoms with van der Waals surface area (Å²) in [5.74, 6) is 0.311. The van der Waals surface area contributed by atoms with Gasteiger partial charge in [0.2, 0.25) is 5.91 Å². The van der Waals surface area contributed by atoms with Crippen molar-refractivity contribution >= 4 is 29.4 Å². The van der Waals surface area contributed by atoms with Gasteiger partial charge >= 0.3 is 0 Å². The van der Waals surface area contributed by atoms with Gasteiger partial charge in [-0.3, -0.25) is 4.79 Å². The molecule has 1 atom stereocenters. The largest absolute Gasteiger partial charge is 0.325 e. The number of rotatable bonds is 6. The molecule has 2 rings (SSSR count). The van der Waals surface area contributed by atoms with Crippen LogP contribution in [-0.4, -0.2) is 16.9 Å². The summed E-state index contributed by atoms with van der Waals surface area (Å²) in [6.45, 7) is 3.54. The van der Waals surface area contributed by atoms with Crippen LogP contribution in [0.25, 0.3) is 6.08 Å². The predicted molar refractivity (Wildman–Crippen MR) is 97.2 cm³/mol. The van der Waals surface area contributed by atoms with E-state index in [0.717, 1.165) is 11.3 Å². The minimum absolute atomic E-state index is 0.119. The number of benzene rings is 2. The number of amides is 1. The number of halogens is 1. The Morgan fingerprint density at radius 1 is 1.26 bits per heavy atom. The molecule has 0 fully saturated rings. The Labute approximate surface area is 140 Å². The summed E-state index contributed by atoms with van der Waals surface area (Å²) in [5.41, 5.74) is 2.20. The Kier molecular flexibility index (Phi) is 6.41. The fraction of sp³-hybridized carbons (Fsp3) is 0.211. The van der Waals surface area contributed by atoms with E-state index in [-0.39, 0.29) is 17.0 Å². The fourth-order valence-electron chi connectivity index (χ4n) is 1.94. The highest BCUT2D eigenvalue weighted by Crippen LogP contribution is 2.17. The van der Waals surface area contributed by atoms with Crippen molar-refractivity contribution in [3.05, 3.63) is 71.6 Å². The van der Waals surface area contributed by atoms with Crippen molar-refractivity contribution in [2.45, 2.75) is 19.1 Å². The highest BCUT2D eigenvalue weighted by Gasteiger charge is 2.13. The minimum atomic E-state index is -0.311. The molecule has 0 radical (unpaired) electrons. The number of anilines is 1. The molecule has 2 aromatic carbocycles. The Morgan fingerprint density at radius 3 is 2.70 bits per heavy atom. The first kappa shape index (κ1) is 17.3. The second-order valence-corrected chi connectivity index (χ2v) is 6.62. The number of thioether (sulfide) groups is 1. The molecule has 0 aliphatic rings. The molecule has 0 saturated carbocycles. The van der Waals surface area contributed by atoms with Gasteiger partial charge in [-0.05, 0) is 37.1 Å². The van der Waals surface area contributed by atoms with Gasteiger partial charge in [0.15, 0.2) is 0 Å². The molecule has 120 valence electrons. The summed E-state index contributed by atoms with van der Waals surface area (Å²) >= 11 is 1.54. The van der Waals surface area contributed by atoms with E-state index in [9.17, 15) is 9.18 Å². The third kappa shape index (κ3) is 5.57. The lowest BCUT2D eigenvalue weighted by Crippen LogP contribution is -2.22. The lowest BCUT2D eigenvalue weighted by Gasteiger charge is -2.11. The normalized spacial score (nSPS) is 12.3. The number of hydrogen-bond acceptors (Lipinski definition) is 2. The highest BCUT2D eigenvalue weighted by molar-refractivity contribution is 8.00. The summed E-state index contributed by atoms with van der Waals surface area (Å²) in [4.78, 5) is 12.1. The SMILES string of the molecule is Cc1ccc(NC(=O)C(C)SCC=Cc2ccccc2)cc1F. The zero-order valence-electron chi connectivity index (χ0n) is 13.3. The quantitative estimate of drug-likeness (QED) is 0.816. The monoisotopic (exact) mass is 329 g/mol. The van der Waals surface area contributed by atoms with E-state index in [1.165, 1.54) is 17.8 Å². The van der Waals surface area contributed by atoms with Crippen LogP contribution in [0.15, 0.2) is 54.6 Å². The summed E-state index contributed by atoms with van der Waals surface area (Å²) in [5, 5.41) is 2.54. The predicted octanol–water partition coefficient (Wildman–Crippen LogP) is 4.91. The molecular formula is C19H20FNOS. The molecule has 0 saturated heterocycles. The van der Waals surface area contributed by atoms with Crippen LogP contribution in [0.5, 0.6) is 0 Å². The van der Waals surface area contributed by atoms with Crippen molar-refractivity contribution < 1.29 is 9.18 Å². The van der Waals surface area contributed by atoms with Crippen LogP contribution < -0.4 is 5.32 Å². The van der Waals surface area contributed by atoms with Crippen molar-refractivity contribution in [1.29, 1.82) is 0 Å². The second-order valence-electron chi connectivity index (χ2n) is 5.24. The van der Waals surface area contributed by atoms with Gasteiger partial charge < -0.3 is 5.32 Å². The molecule has 2 aromatic rings. The zero-order chi connectivity index (χ0) is 16.7. The van der Waals surface area contributed by atoms with Gasteiger partial charge in [-0.2, -0.15) is 0 Å². The molecule has 0 aliphatic heterocycles. The van der Waals surface area contributed by atoms with Gasteiger partial charge in [0.05, 0.1) is 5.25 Å². The third-order valence-corrected chi connectivity index (χ3v) is 4.46. The van der Waals surface area contributed by atoms with Gasteiger partial charge in [-0.1, -0.05) is 48.6 Å². The molecule has 4 heteroatoms. The maximum Gasteiger partial charge on any atom is 0.237 e. The van der Waals surface area contributed by atoms with Crippen molar-refractivity contribution in [3.63, 3.8) is 0 Å². The van der Waals surface area contributed by atoms with Crippen molar-refractivity contribution in [3.8, 4) is 0 Å². The van der Waals surface area contributed by atoms with Crippen LogP contribution >= 0.6 is 11.8 Å². The molecule has 0 aliphatic carbocycles. The third-order valence-electron chi connectivity index (χ3n) is 3.36. The van der Waals surface area contributed by atoms with Gasteiger partial charge in [-0.15, -0.1) is 11.8 Å². The number of aryl methyl sites for hydroxylation is 1. The lowest BCUT2D eigenvalue weighted by atomic mass is 10.2. The van der Waals surface area contributed by atoms with Gasteiger partial charge in [0, 0.05) is 11.4 Å². The highest BCUT2D eigenvalue weighted by atomic mass is 32.2. The minimum Gasteiger partial charge on any atom is -0.325 e. The first-order valence-electron chi connectivity index (χ1n) is 7.46. The maximum atomic E-state index is 13.5. The van der Waals surface area contributed by atoms with Crippen LogP contribution in [0.2, 0.25) is 0 Å². The molecule has 2 nitrogen and oxygen atoms in total. The van der Waals surface area contributed by atoms with E-state index in [1.54, 1.807) is 19.1 Å². The molecule has 1 amide bonds. The first-order valence-corrected chi connectivity index (χ1v) is 8.51. The Hall–Kier alpha value is -2.07. The van der Waals surface area contributed by atoms with E-state index in [4.69, 9.17) is 0 Å². The zero-order valence-corrected chi connectivity index (χ0v) is 14.1. The van der Waals surface area contributed by atoms with Gasteiger partial charge in [0.1, 0.15) is 5.82 Å². The van der Waals surface area contributed by atoms with Crippen molar-refractivity contribution in [1.82, 2.24) is 0 Å². The molecule has 0 spiro atoms. The molecule has 1 unspecified atom stereocenters. The van der Waals surface area contributed by atoms with Gasteiger partial charge in [0.25, 0.3) is 0 Å². The maximum absolute atomic E-state index is 13.5. The number of nitrogens with one attached hydrogen (secondary N) is 1. The van der Waals surface area contributed by atoms with E-state index < -0.39 is 0 Å². The molecule has 0 bridgehead atoms. The Balaban J connectivity index is 1.80. The standard InChI is InChI=1S/C19H20FNOS/c1-14-10-11-17(13-18(14)20)21-19(22)15(2)23-12-6-9-16-7-4-3-5-8-16/h3-11,13,15H,12H2,1-2H3,(H,21,22). The molecular weight excluding hydrogens is 309 g/mol. The van der Waals surface area contributed by atoms with Crippen LogP contribution in [0, 0.1) is 12.7 Å². The van der Waals surface area contributed by atoms with Gasteiger partial charge in [-0.25, -0.2) is 4.39 Å². The number of carbonyl (C=O) groups excluding carboxylic acids is 1. The topological polar surface area (TPSA) is 29.1 Å². The second kappa shape index (κ2) is 8.53. The number of carbonyl (C=O) groups is 1. The molecule has 23 heavy (non-hydrogen) atoms. The van der Waals surface area contributed by atoms with Crippen molar-refractivity contribution in [2.75, 3.05) is 11.1 Å². The fourth-order valence-corrected chi connectivity index (χ4v) is 2.64. The van der Waals surface area contributed by atoms with E-state index in [1.807, 2.05) is 49.4 Å². The van der Waals surface area contributed by atoms with E-state index >= 15 is 0 Å². The van der Waals surface area contributed by atoms with Crippen LogP contribution in [0.3, 0.4) is 0 Å². The first-order chi connectivity index (χ1) is 11.1. The summed E-state index contributed by atoms with van der Waals surface area (Å²) in [6.07, 6.45) is 4.07. The molecule has 0 aromatic heterocycles. The lowest BCUT2D eigenvalue weighted by molar-refractivity contribution is -0.115. The van der Waals surface area contributed by atoms with Crippen LogP contribution in [0.4, 0.5) is 10.1 Å². The molecule has 1 N–H and O–H groups in total. The molecule has 0 heterocycles. The summed E-state index contributed by atoms with van der Waals surface area (Å²) in [7, 11) is 0. The number of hydrogen-bond donors (Lipinski definition) is 1. The Morgan fingerprint density at radius 2 is 2.00 bits per heavy atom. The van der Waals surface area contributed by atoms with Crippen LogP contribution in [0.1, 0.15) is 18.1 Å².